The van der Waals surface area contributed by atoms with Crippen LogP contribution in [0.5, 0.6) is 0 Å². The second-order valence-electron chi connectivity index (χ2n) is 4.32. The van der Waals surface area contributed by atoms with Crippen molar-refractivity contribution in [3.8, 4) is 0 Å². The third kappa shape index (κ3) is 2.85. The lowest BCUT2D eigenvalue weighted by molar-refractivity contribution is 0.580. The summed E-state index contributed by atoms with van der Waals surface area (Å²) in [6, 6.07) is 0. The zero-order valence-corrected chi connectivity index (χ0v) is 10.8. The zero-order valence-electron chi connectivity index (χ0n) is 9.22. The Labute approximate surface area is 100 Å². The molecule has 0 bridgehead atoms. The number of anilines is 1. The molecule has 15 heavy (non-hydrogen) atoms. The fraction of sp³-hybridized carbons (Fsp3) is 0.727. The van der Waals surface area contributed by atoms with E-state index >= 15 is 0 Å². The van der Waals surface area contributed by atoms with Gasteiger partial charge in [0.25, 0.3) is 0 Å². The van der Waals surface area contributed by atoms with Gasteiger partial charge in [0, 0.05) is 16.8 Å². The molecular weight excluding hydrogens is 228 g/mol. The molecule has 1 N–H and O–H groups in total. The third-order valence-electron chi connectivity index (χ3n) is 3.05. The highest BCUT2D eigenvalue weighted by Gasteiger charge is 2.22. The van der Waals surface area contributed by atoms with Crippen molar-refractivity contribution in [3.05, 3.63) is 10.6 Å². The fourth-order valence-electron chi connectivity index (χ4n) is 1.98. The van der Waals surface area contributed by atoms with Crippen LogP contribution < -0.4 is 5.32 Å². The SMILES string of the molecule is Cc1nc(NCC2CCC(Cl)C2)sc1C. The van der Waals surface area contributed by atoms with E-state index < -0.39 is 0 Å². The molecule has 0 radical (unpaired) electrons. The largest absolute Gasteiger partial charge is 0.361 e. The van der Waals surface area contributed by atoms with Gasteiger partial charge in [0.1, 0.15) is 0 Å². The average Bonchev–Trinajstić information content (AvgIpc) is 2.72. The van der Waals surface area contributed by atoms with Gasteiger partial charge in [-0.05, 0) is 39.0 Å². The second-order valence-corrected chi connectivity index (χ2v) is 6.14. The summed E-state index contributed by atoms with van der Waals surface area (Å²) < 4.78 is 0. The van der Waals surface area contributed by atoms with Crippen molar-refractivity contribution in [2.75, 3.05) is 11.9 Å². The molecule has 4 heteroatoms. The Hall–Kier alpha value is -0.280. The van der Waals surface area contributed by atoms with Gasteiger partial charge >= 0.3 is 0 Å². The first-order valence-electron chi connectivity index (χ1n) is 5.47. The number of hydrogen-bond acceptors (Lipinski definition) is 3. The van der Waals surface area contributed by atoms with Crippen LogP contribution in [0.3, 0.4) is 0 Å². The predicted molar refractivity (Wildman–Crippen MR) is 67.1 cm³/mol. The molecule has 1 aliphatic carbocycles. The number of alkyl halides is 1. The molecule has 2 unspecified atom stereocenters. The number of nitrogens with one attached hydrogen (secondary N) is 1. The maximum absolute atomic E-state index is 6.08. The summed E-state index contributed by atoms with van der Waals surface area (Å²) in [5.41, 5.74) is 1.14. The molecule has 1 fully saturated rings. The van der Waals surface area contributed by atoms with Crippen molar-refractivity contribution in [1.82, 2.24) is 4.98 Å². The monoisotopic (exact) mass is 244 g/mol. The lowest BCUT2D eigenvalue weighted by Crippen LogP contribution is -2.11. The summed E-state index contributed by atoms with van der Waals surface area (Å²) >= 11 is 7.82. The van der Waals surface area contributed by atoms with E-state index in [1.54, 1.807) is 11.3 Å². The number of aryl methyl sites for hydroxylation is 2. The van der Waals surface area contributed by atoms with Gasteiger partial charge in [-0.15, -0.1) is 22.9 Å². The minimum atomic E-state index is 0.400. The Morgan fingerprint density at radius 3 is 2.80 bits per heavy atom. The van der Waals surface area contributed by atoms with Gasteiger partial charge in [0.2, 0.25) is 0 Å². The smallest absolute Gasteiger partial charge is 0.183 e. The number of aromatic nitrogens is 1. The van der Waals surface area contributed by atoms with E-state index in [4.69, 9.17) is 11.6 Å². The van der Waals surface area contributed by atoms with E-state index in [1.165, 1.54) is 17.7 Å². The molecule has 1 heterocycles. The molecule has 1 aromatic rings. The highest BCUT2D eigenvalue weighted by molar-refractivity contribution is 7.15. The molecule has 0 amide bonds. The van der Waals surface area contributed by atoms with E-state index in [1.807, 2.05) is 0 Å². The van der Waals surface area contributed by atoms with Gasteiger partial charge in [0.15, 0.2) is 5.13 Å². The Bertz CT molecular complexity index is 318. The van der Waals surface area contributed by atoms with Crippen LogP contribution in [0.4, 0.5) is 5.13 Å². The first-order chi connectivity index (χ1) is 7.15. The molecule has 2 atom stereocenters. The quantitative estimate of drug-likeness (QED) is 0.823. The number of nitrogens with zero attached hydrogens (tertiary/aromatic N) is 1. The van der Waals surface area contributed by atoms with Crippen molar-refractivity contribution < 1.29 is 0 Å². The lowest BCUT2D eigenvalue weighted by Gasteiger charge is -2.09. The topological polar surface area (TPSA) is 24.9 Å². The molecule has 2 rings (SSSR count). The number of halogens is 1. The predicted octanol–water partition coefficient (Wildman–Crippen LogP) is 3.58. The van der Waals surface area contributed by atoms with Crippen molar-refractivity contribution >= 4 is 28.1 Å². The van der Waals surface area contributed by atoms with Crippen LogP contribution >= 0.6 is 22.9 Å². The van der Waals surface area contributed by atoms with Gasteiger partial charge in [-0.1, -0.05) is 0 Å². The van der Waals surface area contributed by atoms with Crippen LogP contribution in [0, 0.1) is 19.8 Å². The van der Waals surface area contributed by atoms with Crippen LogP contribution in [-0.4, -0.2) is 16.9 Å². The summed E-state index contributed by atoms with van der Waals surface area (Å²) in [5, 5.41) is 4.88. The highest BCUT2D eigenvalue weighted by Crippen LogP contribution is 2.30. The molecule has 1 aromatic heterocycles. The summed E-state index contributed by atoms with van der Waals surface area (Å²) in [5.74, 6) is 0.733. The van der Waals surface area contributed by atoms with Crippen LogP contribution in [0.25, 0.3) is 0 Å². The van der Waals surface area contributed by atoms with Crippen LogP contribution in [0.1, 0.15) is 29.8 Å². The molecular formula is C11H17ClN2S. The fourth-order valence-corrected chi connectivity index (χ4v) is 3.18. The molecule has 84 valence electrons. The summed E-state index contributed by atoms with van der Waals surface area (Å²) in [6.45, 7) is 5.19. The van der Waals surface area contributed by atoms with E-state index in [9.17, 15) is 0 Å². The van der Waals surface area contributed by atoms with Crippen LogP contribution in [0.15, 0.2) is 0 Å². The molecule has 0 saturated heterocycles. The molecule has 1 aliphatic rings. The summed E-state index contributed by atoms with van der Waals surface area (Å²) in [6.07, 6.45) is 3.58. The van der Waals surface area contributed by atoms with E-state index in [0.717, 1.165) is 29.7 Å². The van der Waals surface area contributed by atoms with Gasteiger partial charge < -0.3 is 5.32 Å². The Balaban J connectivity index is 1.83. The van der Waals surface area contributed by atoms with Crippen LogP contribution in [-0.2, 0) is 0 Å². The van der Waals surface area contributed by atoms with Crippen molar-refractivity contribution in [2.24, 2.45) is 5.92 Å². The zero-order chi connectivity index (χ0) is 10.8. The molecule has 1 saturated carbocycles. The summed E-state index contributed by atoms with van der Waals surface area (Å²) in [4.78, 5) is 5.77. The first kappa shape index (κ1) is 11.2. The molecule has 0 spiro atoms. The normalized spacial score (nSPS) is 25.8. The maximum Gasteiger partial charge on any atom is 0.183 e. The van der Waals surface area contributed by atoms with Gasteiger partial charge in [-0.2, -0.15) is 0 Å². The number of thiazole rings is 1. The number of hydrogen-bond donors (Lipinski definition) is 1. The van der Waals surface area contributed by atoms with Crippen molar-refractivity contribution in [3.63, 3.8) is 0 Å². The molecule has 2 nitrogen and oxygen atoms in total. The highest BCUT2D eigenvalue weighted by atomic mass is 35.5. The Kier molecular flexibility index (Phi) is 3.52. The second kappa shape index (κ2) is 4.71. The first-order valence-corrected chi connectivity index (χ1v) is 6.72. The number of rotatable bonds is 3. The minimum absolute atomic E-state index is 0.400. The van der Waals surface area contributed by atoms with Crippen LogP contribution in [0.2, 0.25) is 0 Å². The van der Waals surface area contributed by atoms with E-state index in [0.29, 0.717) is 5.38 Å². The lowest BCUT2D eigenvalue weighted by atomic mass is 10.1. The van der Waals surface area contributed by atoms with E-state index in [-0.39, 0.29) is 0 Å². The summed E-state index contributed by atoms with van der Waals surface area (Å²) in [7, 11) is 0. The Morgan fingerprint density at radius 1 is 1.47 bits per heavy atom. The van der Waals surface area contributed by atoms with Gasteiger partial charge in [0.05, 0.1) is 5.69 Å². The van der Waals surface area contributed by atoms with Crippen molar-refractivity contribution in [2.45, 2.75) is 38.5 Å². The van der Waals surface area contributed by atoms with E-state index in [2.05, 4.69) is 24.1 Å². The van der Waals surface area contributed by atoms with Gasteiger partial charge in [-0.3, -0.25) is 0 Å². The standard InChI is InChI=1S/C11H17ClN2S/c1-7-8(2)15-11(14-7)13-6-9-3-4-10(12)5-9/h9-10H,3-6H2,1-2H3,(H,13,14). The molecule has 0 aliphatic heterocycles. The maximum atomic E-state index is 6.08. The third-order valence-corrected chi connectivity index (χ3v) is 4.47. The van der Waals surface area contributed by atoms with Crippen molar-refractivity contribution in [1.29, 1.82) is 0 Å². The Morgan fingerprint density at radius 2 is 2.27 bits per heavy atom. The molecule has 0 aromatic carbocycles. The average molecular weight is 245 g/mol. The minimum Gasteiger partial charge on any atom is -0.361 e. The van der Waals surface area contributed by atoms with Gasteiger partial charge in [-0.25, -0.2) is 4.98 Å².